The highest BCUT2D eigenvalue weighted by molar-refractivity contribution is 6.31. The van der Waals surface area contributed by atoms with Crippen LogP contribution in [0.15, 0.2) is 12.1 Å². The molecule has 1 rings (SSSR count). The van der Waals surface area contributed by atoms with Crippen LogP contribution >= 0.6 is 11.6 Å². The third-order valence-electron chi connectivity index (χ3n) is 3.62. The van der Waals surface area contributed by atoms with Gasteiger partial charge in [0.25, 0.3) is 0 Å². The van der Waals surface area contributed by atoms with Crippen LogP contribution in [0, 0.1) is 5.92 Å². The van der Waals surface area contributed by atoms with Crippen LogP contribution in [0.3, 0.4) is 0 Å². The lowest BCUT2D eigenvalue weighted by atomic mass is 9.91. The number of halogens is 1. The Morgan fingerprint density at radius 2 is 1.67 bits per heavy atom. The van der Waals surface area contributed by atoms with Crippen LogP contribution < -0.4 is 14.8 Å². The topological polar surface area (TPSA) is 30.5 Å². The molecule has 0 aliphatic carbocycles. The molecule has 120 valence electrons. The maximum absolute atomic E-state index is 6.48. The predicted molar refractivity (Wildman–Crippen MR) is 89.7 cm³/mol. The zero-order chi connectivity index (χ0) is 15.8. The van der Waals surface area contributed by atoms with E-state index >= 15 is 0 Å². The molecule has 2 unspecified atom stereocenters. The number of hydrogen-bond donors (Lipinski definition) is 1. The first kappa shape index (κ1) is 18.1. The lowest BCUT2D eigenvalue weighted by Gasteiger charge is -2.26. The summed E-state index contributed by atoms with van der Waals surface area (Å²) in [5.41, 5.74) is 1.08. The van der Waals surface area contributed by atoms with Gasteiger partial charge in [0.05, 0.1) is 13.2 Å². The van der Waals surface area contributed by atoms with Crippen molar-refractivity contribution in [3.63, 3.8) is 0 Å². The van der Waals surface area contributed by atoms with Gasteiger partial charge in [-0.1, -0.05) is 31.9 Å². The fraction of sp³-hybridized carbons (Fsp3) is 0.647. The standard InChI is InChI=1S/C17H28ClNO2/c1-6-9-12(4)17(19-5)13-10-15(20-7-2)16(21-8-3)11-14(13)18/h10-12,17,19H,6-9H2,1-5H3. The van der Waals surface area contributed by atoms with E-state index in [0.717, 1.165) is 29.2 Å². The van der Waals surface area contributed by atoms with Crippen molar-refractivity contribution in [3.8, 4) is 11.5 Å². The van der Waals surface area contributed by atoms with Crippen LogP contribution in [-0.4, -0.2) is 20.3 Å². The summed E-state index contributed by atoms with van der Waals surface area (Å²) >= 11 is 6.48. The fourth-order valence-corrected chi connectivity index (χ4v) is 2.97. The lowest BCUT2D eigenvalue weighted by molar-refractivity contribution is 0.286. The third kappa shape index (κ3) is 4.79. The van der Waals surface area contributed by atoms with Crippen molar-refractivity contribution in [1.29, 1.82) is 0 Å². The minimum absolute atomic E-state index is 0.215. The van der Waals surface area contributed by atoms with E-state index in [0.29, 0.717) is 24.9 Å². The van der Waals surface area contributed by atoms with Crippen molar-refractivity contribution >= 4 is 11.6 Å². The molecule has 21 heavy (non-hydrogen) atoms. The highest BCUT2D eigenvalue weighted by Crippen LogP contribution is 2.38. The molecule has 0 aliphatic rings. The average molecular weight is 314 g/mol. The molecular formula is C17H28ClNO2. The minimum Gasteiger partial charge on any atom is -0.490 e. The van der Waals surface area contributed by atoms with Gasteiger partial charge in [-0.2, -0.15) is 0 Å². The van der Waals surface area contributed by atoms with Gasteiger partial charge >= 0.3 is 0 Å². The van der Waals surface area contributed by atoms with Crippen molar-refractivity contribution in [3.05, 3.63) is 22.7 Å². The van der Waals surface area contributed by atoms with Crippen molar-refractivity contribution in [1.82, 2.24) is 5.32 Å². The molecular weight excluding hydrogens is 286 g/mol. The van der Waals surface area contributed by atoms with Crippen LogP contribution in [-0.2, 0) is 0 Å². The van der Waals surface area contributed by atoms with E-state index in [-0.39, 0.29) is 6.04 Å². The van der Waals surface area contributed by atoms with Crippen LogP contribution in [0.2, 0.25) is 5.02 Å². The summed E-state index contributed by atoms with van der Waals surface area (Å²) in [6.07, 6.45) is 2.31. The molecule has 1 aromatic carbocycles. The first-order chi connectivity index (χ1) is 10.1. The predicted octanol–water partition coefficient (Wildman–Crippen LogP) is 4.83. The lowest BCUT2D eigenvalue weighted by Crippen LogP contribution is -2.24. The van der Waals surface area contributed by atoms with E-state index in [4.69, 9.17) is 21.1 Å². The number of nitrogens with one attached hydrogen (secondary N) is 1. The molecule has 2 atom stereocenters. The summed E-state index contributed by atoms with van der Waals surface area (Å²) in [5.74, 6) is 1.98. The quantitative estimate of drug-likeness (QED) is 0.708. The molecule has 0 fully saturated rings. The van der Waals surface area contributed by atoms with E-state index in [9.17, 15) is 0 Å². The van der Waals surface area contributed by atoms with Crippen LogP contribution in [0.1, 0.15) is 52.1 Å². The molecule has 0 amide bonds. The molecule has 0 saturated heterocycles. The molecule has 0 aliphatic heterocycles. The fourth-order valence-electron chi connectivity index (χ4n) is 2.69. The van der Waals surface area contributed by atoms with Gasteiger partial charge in [-0.15, -0.1) is 0 Å². The van der Waals surface area contributed by atoms with Gasteiger partial charge in [0.2, 0.25) is 0 Å². The van der Waals surface area contributed by atoms with Gasteiger partial charge in [0.15, 0.2) is 11.5 Å². The summed E-state index contributed by atoms with van der Waals surface area (Å²) in [6, 6.07) is 4.10. The van der Waals surface area contributed by atoms with Gasteiger partial charge in [-0.25, -0.2) is 0 Å². The highest BCUT2D eigenvalue weighted by Gasteiger charge is 2.22. The van der Waals surface area contributed by atoms with E-state index in [1.165, 1.54) is 0 Å². The van der Waals surface area contributed by atoms with Gasteiger partial charge in [-0.3, -0.25) is 0 Å². The van der Waals surface area contributed by atoms with E-state index < -0.39 is 0 Å². The number of benzene rings is 1. The molecule has 0 aromatic heterocycles. The molecule has 0 saturated carbocycles. The number of rotatable bonds is 9. The smallest absolute Gasteiger partial charge is 0.162 e. The summed E-state index contributed by atoms with van der Waals surface area (Å²) in [6.45, 7) is 9.58. The van der Waals surface area contributed by atoms with E-state index in [1.54, 1.807) is 0 Å². The average Bonchev–Trinajstić information content (AvgIpc) is 2.45. The van der Waals surface area contributed by atoms with Crippen molar-refractivity contribution in [2.24, 2.45) is 5.92 Å². The van der Waals surface area contributed by atoms with Crippen LogP contribution in [0.5, 0.6) is 11.5 Å². The van der Waals surface area contributed by atoms with Gasteiger partial charge in [0.1, 0.15) is 0 Å². The molecule has 1 N–H and O–H groups in total. The second kappa shape index (κ2) is 9.16. The molecule has 4 heteroatoms. The molecule has 0 spiro atoms. The monoisotopic (exact) mass is 313 g/mol. The first-order valence-electron chi connectivity index (χ1n) is 7.85. The Morgan fingerprint density at radius 3 is 2.14 bits per heavy atom. The molecule has 1 aromatic rings. The Morgan fingerprint density at radius 1 is 1.10 bits per heavy atom. The maximum atomic E-state index is 6.48. The van der Waals surface area contributed by atoms with Crippen LogP contribution in [0.4, 0.5) is 0 Å². The Balaban J connectivity index is 3.18. The number of hydrogen-bond acceptors (Lipinski definition) is 3. The molecule has 3 nitrogen and oxygen atoms in total. The van der Waals surface area contributed by atoms with Crippen LogP contribution in [0.25, 0.3) is 0 Å². The zero-order valence-corrected chi connectivity index (χ0v) is 14.6. The SMILES string of the molecule is CCCC(C)C(NC)c1cc(OCC)c(OCC)cc1Cl. The molecule has 0 bridgehead atoms. The van der Waals surface area contributed by atoms with Crippen molar-refractivity contribution < 1.29 is 9.47 Å². The van der Waals surface area contributed by atoms with E-state index in [1.807, 2.05) is 33.0 Å². The Labute approximate surface area is 134 Å². The van der Waals surface area contributed by atoms with Crippen molar-refractivity contribution in [2.75, 3.05) is 20.3 Å². The largest absolute Gasteiger partial charge is 0.490 e. The Hall–Kier alpha value is -0.930. The van der Waals surface area contributed by atoms with Gasteiger partial charge < -0.3 is 14.8 Å². The summed E-state index contributed by atoms with van der Waals surface area (Å²) < 4.78 is 11.3. The summed E-state index contributed by atoms with van der Waals surface area (Å²) in [7, 11) is 1.98. The first-order valence-corrected chi connectivity index (χ1v) is 8.22. The summed E-state index contributed by atoms with van der Waals surface area (Å²) in [4.78, 5) is 0. The van der Waals surface area contributed by atoms with Gasteiger partial charge in [0, 0.05) is 17.1 Å². The molecule has 0 radical (unpaired) electrons. The Bertz CT molecular complexity index is 437. The second-order valence-electron chi connectivity index (χ2n) is 5.22. The molecule has 0 heterocycles. The third-order valence-corrected chi connectivity index (χ3v) is 3.95. The normalized spacial score (nSPS) is 13.8. The maximum Gasteiger partial charge on any atom is 0.162 e. The minimum atomic E-state index is 0.215. The number of ether oxygens (including phenoxy) is 2. The zero-order valence-electron chi connectivity index (χ0n) is 13.8. The highest BCUT2D eigenvalue weighted by atomic mass is 35.5. The Kier molecular flexibility index (Phi) is 7.91. The van der Waals surface area contributed by atoms with E-state index in [2.05, 4.69) is 19.2 Å². The summed E-state index contributed by atoms with van der Waals surface area (Å²) in [5, 5.41) is 4.11. The van der Waals surface area contributed by atoms with Crippen molar-refractivity contribution in [2.45, 2.75) is 46.6 Å². The second-order valence-corrected chi connectivity index (χ2v) is 5.63. The van der Waals surface area contributed by atoms with Gasteiger partial charge in [-0.05, 0) is 44.9 Å².